The fourth-order valence-electron chi connectivity index (χ4n) is 2.50. The molecule has 0 radical (unpaired) electrons. The Morgan fingerprint density at radius 1 is 0.905 bits per heavy atom. The summed E-state index contributed by atoms with van der Waals surface area (Å²) in [5, 5.41) is 0. The lowest BCUT2D eigenvalue weighted by molar-refractivity contribution is 0.0595. The van der Waals surface area contributed by atoms with Gasteiger partial charge in [0.1, 0.15) is 0 Å². The first-order chi connectivity index (χ1) is 9.99. The van der Waals surface area contributed by atoms with Gasteiger partial charge in [-0.3, -0.25) is 14.5 Å². The van der Waals surface area contributed by atoms with E-state index in [1.165, 1.54) is 4.90 Å². The molecule has 3 nitrogen and oxygen atoms in total. The van der Waals surface area contributed by atoms with Crippen molar-refractivity contribution in [3.05, 3.63) is 68.1 Å². The van der Waals surface area contributed by atoms with Gasteiger partial charge in [0.05, 0.1) is 17.2 Å². The maximum absolute atomic E-state index is 12.5. The Morgan fingerprint density at radius 2 is 1.57 bits per heavy atom. The Labute approximate surface area is 139 Å². The Bertz CT molecular complexity index is 758. The van der Waals surface area contributed by atoms with E-state index in [0.29, 0.717) is 11.1 Å². The van der Waals surface area contributed by atoms with Crippen molar-refractivity contribution in [3.8, 4) is 0 Å². The molecule has 0 saturated carbocycles. The Morgan fingerprint density at radius 3 is 2.29 bits per heavy atom. The Balaban J connectivity index is 2.01. The number of hydrogen-bond donors (Lipinski definition) is 0. The second-order valence-electron chi connectivity index (χ2n) is 4.90. The summed E-state index contributed by atoms with van der Waals surface area (Å²) in [7, 11) is 0. The van der Waals surface area contributed by atoms with E-state index in [0.717, 1.165) is 14.5 Å². The van der Waals surface area contributed by atoms with Crippen LogP contribution in [0.4, 0.5) is 0 Å². The summed E-state index contributed by atoms with van der Waals surface area (Å²) in [5.41, 5.74) is 1.83. The van der Waals surface area contributed by atoms with Crippen LogP contribution in [-0.4, -0.2) is 16.7 Å². The summed E-state index contributed by atoms with van der Waals surface area (Å²) in [5.74, 6) is -0.487. The maximum Gasteiger partial charge on any atom is 0.262 e. The van der Waals surface area contributed by atoms with E-state index in [9.17, 15) is 9.59 Å². The smallest absolute Gasteiger partial charge is 0.262 e. The number of benzene rings is 2. The lowest BCUT2D eigenvalue weighted by atomic mass is 10.1. The average Bonchev–Trinajstić information content (AvgIpc) is 2.70. The van der Waals surface area contributed by atoms with Crippen molar-refractivity contribution in [2.75, 3.05) is 0 Å². The number of carbonyl (C=O) groups is 2. The molecule has 2 amide bonds. The topological polar surface area (TPSA) is 37.4 Å². The first-order valence-corrected chi connectivity index (χ1v) is 8.00. The number of carbonyl (C=O) groups excluding carboxylic acids is 2. The number of amides is 2. The normalized spacial score (nSPS) is 15.3. The lowest BCUT2D eigenvalue weighted by Crippen LogP contribution is -2.32. The molecule has 1 aliphatic heterocycles. The van der Waals surface area contributed by atoms with Crippen LogP contribution in [0, 0.1) is 0 Å². The number of hydrogen-bond acceptors (Lipinski definition) is 2. The van der Waals surface area contributed by atoms with E-state index >= 15 is 0 Å². The van der Waals surface area contributed by atoms with Gasteiger partial charge in [-0.05, 0) is 42.8 Å². The van der Waals surface area contributed by atoms with Crippen molar-refractivity contribution in [2.45, 2.75) is 13.0 Å². The van der Waals surface area contributed by atoms with Crippen LogP contribution in [-0.2, 0) is 0 Å². The average molecular weight is 409 g/mol. The molecule has 1 unspecified atom stereocenters. The Kier molecular flexibility index (Phi) is 3.71. The van der Waals surface area contributed by atoms with E-state index in [1.54, 1.807) is 18.2 Å². The molecule has 0 bridgehead atoms. The zero-order valence-corrected chi connectivity index (χ0v) is 14.3. The van der Waals surface area contributed by atoms with Gasteiger partial charge < -0.3 is 0 Å². The van der Waals surface area contributed by atoms with Crippen molar-refractivity contribution in [2.24, 2.45) is 0 Å². The number of halogens is 2. The minimum atomic E-state index is -0.311. The Hall–Kier alpha value is -1.46. The summed E-state index contributed by atoms with van der Waals surface area (Å²) >= 11 is 6.75. The van der Waals surface area contributed by atoms with E-state index in [2.05, 4.69) is 31.9 Å². The molecule has 1 aliphatic rings. The highest BCUT2D eigenvalue weighted by atomic mass is 79.9. The van der Waals surface area contributed by atoms with Crippen LogP contribution in [0.5, 0.6) is 0 Å². The van der Waals surface area contributed by atoms with Crippen LogP contribution in [0.3, 0.4) is 0 Å². The quantitative estimate of drug-likeness (QED) is 0.682. The zero-order valence-electron chi connectivity index (χ0n) is 11.1. The van der Waals surface area contributed by atoms with Gasteiger partial charge >= 0.3 is 0 Å². The zero-order chi connectivity index (χ0) is 15.1. The van der Waals surface area contributed by atoms with E-state index < -0.39 is 0 Å². The van der Waals surface area contributed by atoms with Crippen LogP contribution in [0.25, 0.3) is 0 Å². The van der Waals surface area contributed by atoms with Gasteiger partial charge in [-0.25, -0.2) is 0 Å². The highest BCUT2D eigenvalue weighted by molar-refractivity contribution is 9.10. The van der Waals surface area contributed by atoms with Gasteiger partial charge in [-0.2, -0.15) is 0 Å². The van der Waals surface area contributed by atoms with Gasteiger partial charge in [0, 0.05) is 8.95 Å². The third-order valence-electron chi connectivity index (χ3n) is 3.60. The number of fused-ring (bicyclic) bond motifs is 1. The molecule has 0 saturated heterocycles. The van der Waals surface area contributed by atoms with Crippen LogP contribution < -0.4 is 0 Å². The van der Waals surface area contributed by atoms with Crippen molar-refractivity contribution < 1.29 is 9.59 Å². The minimum Gasteiger partial charge on any atom is -0.269 e. The molecule has 0 N–H and O–H groups in total. The fraction of sp³-hybridized carbons (Fsp3) is 0.125. The number of rotatable bonds is 2. The molecule has 2 aromatic carbocycles. The fourth-order valence-corrected chi connectivity index (χ4v) is 3.28. The van der Waals surface area contributed by atoms with Gasteiger partial charge in [0.2, 0.25) is 0 Å². The van der Waals surface area contributed by atoms with Crippen molar-refractivity contribution in [1.29, 1.82) is 0 Å². The second kappa shape index (κ2) is 5.39. The van der Waals surface area contributed by atoms with Crippen molar-refractivity contribution in [1.82, 2.24) is 4.90 Å². The van der Waals surface area contributed by atoms with Crippen LogP contribution in [0.15, 0.2) is 51.4 Å². The van der Waals surface area contributed by atoms with Crippen LogP contribution >= 0.6 is 31.9 Å². The van der Waals surface area contributed by atoms with Gasteiger partial charge in [-0.1, -0.05) is 44.0 Å². The summed E-state index contributed by atoms with van der Waals surface area (Å²) in [6.45, 7) is 1.86. The van der Waals surface area contributed by atoms with Crippen LogP contribution in [0.2, 0.25) is 0 Å². The molecule has 21 heavy (non-hydrogen) atoms. The van der Waals surface area contributed by atoms with Crippen molar-refractivity contribution in [3.63, 3.8) is 0 Å². The molecular weight excluding hydrogens is 398 g/mol. The molecule has 0 spiro atoms. The van der Waals surface area contributed by atoms with Crippen LogP contribution in [0.1, 0.15) is 39.2 Å². The largest absolute Gasteiger partial charge is 0.269 e. The highest BCUT2D eigenvalue weighted by Gasteiger charge is 2.38. The molecule has 1 heterocycles. The molecule has 0 aromatic heterocycles. The predicted molar refractivity (Wildman–Crippen MR) is 87.2 cm³/mol. The monoisotopic (exact) mass is 407 g/mol. The van der Waals surface area contributed by atoms with Gasteiger partial charge in [0.15, 0.2) is 0 Å². The highest BCUT2D eigenvalue weighted by Crippen LogP contribution is 2.33. The molecule has 3 rings (SSSR count). The standard InChI is InChI=1S/C16H11Br2NO2/c1-9(10-3-2-4-11(17)7-10)19-15(20)13-6-5-12(18)8-14(13)16(19)21/h2-9H,1H3. The molecular formula is C16H11Br2NO2. The summed E-state index contributed by atoms with van der Waals surface area (Å²) in [6, 6.07) is 12.5. The molecule has 0 fully saturated rings. The van der Waals surface area contributed by atoms with Crippen molar-refractivity contribution >= 4 is 43.7 Å². The number of nitrogens with zero attached hydrogens (tertiary/aromatic N) is 1. The summed E-state index contributed by atoms with van der Waals surface area (Å²) < 4.78 is 1.71. The molecule has 0 aliphatic carbocycles. The molecule has 106 valence electrons. The molecule has 1 atom stereocenters. The second-order valence-corrected chi connectivity index (χ2v) is 6.73. The van der Waals surface area contributed by atoms with Gasteiger partial charge in [0.25, 0.3) is 11.8 Å². The van der Waals surface area contributed by atoms with Gasteiger partial charge in [-0.15, -0.1) is 0 Å². The third-order valence-corrected chi connectivity index (χ3v) is 4.58. The predicted octanol–water partition coefficient (Wildman–Crippen LogP) is 4.57. The van der Waals surface area contributed by atoms with E-state index in [-0.39, 0.29) is 17.9 Å². The first-order valence-electron chi connectivity index (χ1n) is 6.42. The molecule has 2 aromatic rings. The van der Waals surface area contributed by atoms with E-state index in [1.807, 2.05) is 31.2 Å². The maximum atomic E-state index is 12.5. The first kappa shape index (κ1) is 14.5. The molecule has 5 heteroatoms. The lowest BCUT2D eigenvalue weighted by Gasteiger charge is -2.23. The third kappa shape index (κ3) is 2.45. The summed E-state index contributed by atoms with van der Waals surface area (Å²) in [4.78, 5) is 26.3. The SMILES string of the molecule is CC(c1cccc(Br)c1)N1C(=O)c2ccc(Br)cc2C1=O. The summed E-state index contributed by atoms with van der Waals surface area (Å²) in [6.07, 6.45) is 0. The van der Waals surface area contributed by atoms with E-state index in [4.69, 9.17) is 0 Å². The number of imide groups is 1. The minimum absolute atomic E-state index is 0.241.